The quantitative estimate of drug-likeness (QED) is 0.794. The predicted octanol–water partition coefficient (Wildman–Crippen LogP) is 0.653. The molecule has 1 aliphatic rings. The van der Waals surface area contributed by atoms with Crippen molar-refractivity contribution < 1.29 is 8.42 Å². The van der Waals surface area contributed by atoms with Crippen LogP contribution in [0.1, 0.15) is 13.3 Å². The van der Waals surface area contributed by atoms with Crippen molar-refractivity contribution in [2.45, 2.75) is 18.9 Å². The minimum Gasteiger partial charge on any atom is -0.384 e. The predicted molar refractivity (Wildman–Crippen MR) is 63.9 cm³/mol. The Kier molecular flexibility index (Phi) is 2.53. The van der Waals surface area contributed by atoms with Crippen LogP contribution in [0.2, 0.25) is 0 Å². The Morgan fingerprint density at radius 2 is 2.25 bits per heavy atom. The smallest absolute Gasteiger partial charge is 0.152 e. The molecule has 88 valence electrons. The van der Waals surface area contributed by atoms with Crippen LogP contribution in [0.5, 0.6) is 0 Å². The number of pyridine rings is 1. The van der Waals surface area contributed by atoms with Gasteiger partial charge in [0.05, 0.1) is 23.4 Å². The molecule has 1 saturated heterocycles. The zero-order valence-electron chi connectivity index (χ0n) is 9.10. The second-order valence-electron chi connectivity index (χ2n) is 4.50. The Hall–Kier alpha value is -1.30. The summed E-state index contributed by atoms with van der Waals surface area (Å²) < 4.78 is 22.8. The van der Waals surface area contributed by atoms with Crippen LogP contribution >= 0.6 is 0 Å². The lowest BCUT2D eigenvalue weighted by molar-refractivity contribution is 0.574. The lowest BCUT2D eigenvalue weighted by Crippen LogP contribution is -2.35. The topological polar surface area (TPSA) is 85.1 Å². The van der Waals surface area contributed by atoms with Crippen molar-refractivity contribution in [2.24, 2.45) is 0 Å². The summed E-state index contributed by atoms with van der Waals surface area (Å²) >= 11 is 0. The van der Waals surface area contributed by atoms with Gasteiger partial charge < -0.3 is 11.1 Å². The number of hydrogen-bond acceptors (Lipinski definition) is 5. The zero-order valence-corrected chi connectivity index (χ0v) is 9.92. The first kappa shape index (κ1) is 11.2. The maximum absolute atomic E-state index is 11.4. The highest BCUT2D eigenvalue weighted by Crippen LogP contribution is 2.27. The number of anilines is 2. The number of aromatic nitrogens is 1. The molecule has 1 aromatic heterocycles. The molecule has 0 saturated carbocycles. The molecule has 1 aromatic rings. The molecular weight excluding hydrogens is 226 g/mol. The van der Waals surface area contributed by atoms with Gasteiger partial charge in [0.1, 0.15) is 5.82 Å². The molecule has 0 amide bonds. The van der Waals surface area contributed by atoms with Crippen LogP contribution in [0.25, 0.3) is 0 Å². The fourth-order valence-electron chi connectivity index (χ4n) is 1.94. The normalized spacial score (nSPS) is 27.8. The molecule has 0 radical (unpaired) electrons. The van der Waals surface area contributed by atoms with Gasteiger partial charge in [0.25, 0.3) is 0 Å². The summed E-state index contributed by atoms with van der Waals surface area (Å²) in [5.74, 6) is 0.873. The molecular formula is C10H15N3O2S. The summed E-state index contributed by atoms with van der Waals surface area (Å²) in [5.41, 5.74) is 5.88. The second-order valence-corrected chi connectivity index (χ2v) is 6.68. The standard InChI is InChI=1S/C10H15N3O2S/c1-10(4-5-16(14,15)7-10)13-8-2-3-9(11)12-6-8/h2-3,6,13H,4-5,7H2,1H3,(H2,11,12). The van der Waals surface area contributed by atoms with E-state index in [-0.39, 0.29) is 11.5 Å². The monoisotopic (exact) mass is 241 g/mol. The van der Waals surface area contributed by atoms with Gasteiger partial charge in [-0.15, -0.1) is 0 Å². The first-order valence-corrected chi connectivity index (χ1v) is 6.91. The molecule has 2 rings (SSSR count). The first-order chi connectivity index (χ1) is 7.39. The van der Waals surface area contributed by atoms with Gasteiger partial charge >= 0.3 is 0 Å². The highest BCUT2D eigenvalue weighted by atomic mass is 32.2. The highest BCUT2D eigenvalue weighted by molar-refractivity contribution is 7.91. The molecule has 1 aliphatic heterocycles. The van der Waals surface area contributed by atoms with Gasteiger partial charge in [-0.05, 0) is 25.5 Å². The molecule has 6 heteroatoms. The van der Waals surface area contributed by atoms with Gasteiger partial charge in [0.15, 0.2) is 9.84 Å². The molecule has 0 bridgehead atoms. The Bertz CT molecular complexity index is 483. The Morgan fingerprint density at radius 1 is 1.50 bits per heavy atom. The molecule has 3 N–H and O–H groups in total. The third-order valence-corrected chi connectivity index (χ3v) is 4.64. The van der Waals surface area contributed by atoms with Gasteiger partial charge in [-0.1, -0.05) is 0 Å². The van der Waals surface area contributed by atoms with Crippen LogP contribution in [-0.2, 0) is 9.84 Å². The largest absolute Gasteiger partial charge is 0.384 e. The van der Waals surface area contributed by atoms with Crippen LogP contribution in [0.4, 0.5) is 11.5 Å². The molecule has 1 unspecified atom stereocenters. The van der Waals surface area contributed by atoms with E-state index in [1.165, 1.54) is 0 Å². The van der Waals surface area contributed by atoms with Crippen LogP contribution < -0.4 is 11.1 Å². The number of sulfone groups is 1. The van der Waals surface area contributed by atoms with E-state index >= 15 is 0 Å². The summed E-state index contributed by atoms with van der Waals surface area (Å²) in [6.07, 6.45) is 2.24. The lowest BCUT2D eigenvalue weighted by Gasteiger charge is -2.25. The third-order valence-electron chi connectivity index (χ3n) is 2.74. The fraction of sp³-hybridized carbons (Fsp3) is 0.500. The molecule has 2 heterocycles. The van der Waals surface area contributed by atoms with Gasteiger partial charge in [0.2, 0.25) is 0 Å². The van der Waals surface area contributed by atoms with E-state index in [4.69, 9.17) is 5.73 Å². The van der Waals surface area contributed by atoms with Crippen LogP contribution in [0.15, 0.2) is 18.3 Å². The molecule has 1 fully saturated rings. The average molecular weight is 241 g/mol. The van der Waals surface area contributed by atoms with Crippen molar-refractivity contribution in [3.8, 4) is 0 Å². The number of nitrogens with two attached hydrogens (primary N) is 1. The van der Waals surface area contributed by atoms with E-state index in [1.807, 2.05) is 6.92 Å². The highest BCUT2D eigenvalue weighted by Gasteiger charge is 2.38. The van der Waals surface area contributed by atoms with Crippen molar-refractivity contribution in [1.29, 1.82) is 0 Å². The van der Waals surface area contributed by atoms with E-state index in [2.05, 4.69) is 10.3 Å². The number of hydrogen-bond donors (Lipinski definition) is 2. The summed E-state index contributed by atoms with van der Waals surface area (Å²) in [7, 11) is -2.89. The van der Waals surface area contributed by atoms with Crippen molar-refractivity contribution >= 4 is 21.3 Å². The lowest BCUT2D eigenvalue weighted by atomic mass is 10.0. The maximum atomic E-state index is 11.4. The first-order valence-electron chi connectivity index (χ1n) is 5.09. The van der Waals surface area contributed by atoms with Crippen LogP contribution in [0.3, 0.4) is 0 Å². The molecule has 5 nitrogen and oxygen atoms in total. The van der Waals surface area contributed by atoms with Crippen molar-refractivity contribution in [3.05, 3.63) is 18.3 Å². The van der Waals surface area contributed by atoms with Gasteiger partial charge in [-0.25, -0.2) is 13.4 Å². The van der Waals surface area contributed by atoms with E-state index < -0.39 is 15.4 Å². The maximum Gasteiger partial charge on any atom is 0.152 e. The van der Waals surface area contributed by atoms with Gasteiger partial charge in [-0.2, -0.15) is 0 Å². The summed E-state index contributed by atoms with van der Waals surface area (Å²) in [6.45, 7) is 1.91. The number of nitrogens with one attached hydrogen (secondary N) is 1. The van der Waals surface area contributed by atoms with Crippen molar-refractivity contribution in [1.82, 2.24) is 4.98 Å². The average Bonchev–Trinajstić information content (AvgIpc) is 2.45. The van der Waals surface area contributed by atoms with Crippen molar-refractivity contribution in [3.63, 3.8) is 0 Å². The zero-order chi connectivity index (χ0) is 11.8. The van der Waals surface area contributed by atoms with Gasteiger partial charge in [-0.3, -0.25) is 0 Å². The third kappa shape index (κ3) is 2.44. The van der Waals surface area contributed by atoms with Crippen LogP contribution in [0, 0.1) is 0 Å². The molecule has 0 spiro atoms. The second kappa shape index (κ2) is 3.62. The van der Waals surface area contributed by atoms with Crippen molar-refractivity contribution in [2.75, 3.05) is 22.6 Å². The van der Waals surface area contributed by atoms with E-state index in [0.29, 0.717) is 12.2 Å². The Morgan fingerprint density at radius 3 is 2.75 bits per heavy atom. The Labute approximate surface area is 95.0 Å². The Balaban J connectivity index is 2.13. The minimum atomic E-state index is -2.89. The fourth-order valence-corrected chi connectivity index (χ4v) is 4.03. The number of rotatable bonds is 2. The molecule has 0 aliphatic carbocycles. The van der Waals surface area contributed by atoms with Crippen LogP contribution in [-0.4, -0.2) is 30.4 Å². The SMILES string of the molecule is CC1(Nc2ccc(N)nc2)CCS(=O)(=O)C1. The van der Waals surface area contributed by atoms with Gasteiger partial charge in [0, 0.05) is 5.54 Å². The minimum absolute atomic E-state index is 0.171. The number of nitrogens with zero attached hydrogens (tertiary/aromatic N) is 1. The van der Waals surface area contributed by atoms with E-state index in [0.717, 1.165) is 5.69 Å². The summed E-state index contributed by atoms with van der Waals surface area (Å²) in [4.78, 5) is 3.95. The summed E-state index contributed by atoms with van der Waals surface area (Å²) in [5, 5.41) is 3.20. The number of nitrogen functional groups attached to an aromatic ring is 1. The molecule has 1 atom stereocenters. The molecule has 16 heavy (non-hydrogen) atoms. The van der Waals surface area contributed by atoms with E-state index in [1.54, 1.807) is 18.3 Å². The summed E-state index contributed by atoms with van der Waals surface area (Å²) in [6, 6.07) is 3.49. The molecule has 0 aromatic carbocycles. The van der Waals surface area contributed by atoms with E-state index in [9.17, 15) is 8.42 Å².